The van der Waals surface area contributed by atoms with Crippen LogP contribution in [0.15, 0.2) is 30.3 Å². The summed E-state index contributed by atoms with van der Waals surface area (Å²) >= 11 is 0. The topological polar surface area (TPSA) is 67.6 Å². The van der Waals surface area contributed by atoms with E-state index in [-0.39, 0.29) is 6.04 Å². The highest BCUT2D eigenvalue weighted by Crippen LogP contribution is 2.31. The van der Waals surface area contributed by atoms with Gasteiger partial charge in [-0.2, -0.15) is 5.10 Å². The largest absolute Gasteiger partial charge is 0.327 e. The van der Waals surface area contributed by atoms with E-state index >= 15 is 0 Å². The van der Waals surface area contributed by atoms with Crippen LogP contribution < -0.4 is 5.73 Å². The van der Waals surface area contributed by atoms with Crippen LogP contribution in [0.4, 0.5) is 0 Å². The highest BCUT2D eigenvalue weighted by molar-refractivity contribution is 5.53. The Bertz CT molecular complexity index is 491. The van der Waals surface area contributed by atoms with Gasteiger partial charge >= 0.3 is 0 Å². The highest BCUT2D eigenvalue weighted by atomic mass is 15.2. The van der Waals surface area contributed by atoms with Gasteiger partial charge in [0.05, 0.1) is 0 Å². The smallest absolute Gasteiger partial charge is 0.181 e. The molecule has 2 unspecified atom stereocenters. The standard InChI is InChI=1S/C13H16N4/c14-11-8-4-7-10(11)13-15-12(16-17-13)9-5-2-1-3-6-9/h1-3,5-6,10-11H,4,7-8,14H2,(H,15,16,17). The lowest BCUT2D eigenvalue weighted by Gasteiger charge is -2.10. The average Bonchev–Trinajstić information content (AvgIpc) is 2.98. The summed E-state index contributed by atoms with van der Waals surface area (Å²) in [6.45, 7) is 0. The number of rotatable bonds is 2. The van der Waals surface area contributed by atoms with Crippen molar-refractivity contribution in [2.75, 3.05) is 0 Å². The van der Waals surface area contributed by atoms with Gasteiger partial charge in [-0.3, -0.25) is 5.10 Å². The summed E-state index contributed by atoms with van der Waals surface area (Å²) in [7, 11) is 0. The second-order valence-corrected chi connectivity index (χ2v) is 4.61. The van der Waals surface area contributed by atoms with E-state index in [4.69, 9.17) is 5.73 Å². The van der Waals surface area contributed by atoms with E-state index < -0.39 is 0 Å². The molecule has 1 aliphatic rings. The minimum absolute atomic E-state index is 0.228. The molecular formula is C13H16N4. The Morgan fingerprint density at radius 3 is 2.71 bits per heavy atom. The van der Waals surface area contributed by atoms with Crippen molar-refractivity contribution in [1.29, 1.82) is 0 Å². The third-order valence-electron chi connectivity index (χ3n) is 3.46. The van der Waals surface area contributed by atoms with E-state index in [0.717, 1.165) is 30.1 Å². The van der Waals surface area contributed by atoms with Gasteiger partial charge in [-0.1, -0.05) is 36.8 Å². The lowest BCUT2D eigenvalue weighted by molar-refractivity contribution is 0.583. The summed E-state index contributed by atoms with van der Waals surface area (Å²) < 4.78 is 0. The maximum Gasteiger partial charge on any atom is 0.181 e. The molecule has 0 aliphatic heterocycles. The van der Waals surface area contributed by atoms with Gasteiger partial charge in [0.25, 0.3) is 0 Å². The van der Waals surface area contributed by atoms with Gasteiger partial charge in [0, 0.05) is 17.5 Å². The molecule has 0 spiro atoms. The van der Waals surface area contributed by atoms with Crippen LogP contribution in [0.2, 0.25) is 0 Å². The van der Waals surface area contributed by atoms with Gasteiger partial charge in [-0.25, -0.2) is 4.98 Å². The molecule has 1 saturated carbocycles. The Hall–Kier alpha value is -1.68. The molecular weight excluding hydrogens is 212 g/mol. The van der Waals surface area contributed by atoms with Crippen molar-refractivity contribution < 1.29 is 0 Å². The van der Waals surface area contributed by atoms with Crippen LogP contribution in [-0.2, 0) is 0 Å². The first-order valence-corrected chi connectivity index (χ1v) is 6.08. The zero-order chi connectivity index (χ0) is 11.7. The molecule has 0 radical (unpaired) electrons. The fourth-order valence-electron chi connectivity index (χ4n) is 2.48. The van der Waals surface area contributed by atoms with Gasteiger partial charge in [0.1, 0.15) is 5.82 Å². The molecule has 17 heavy (non-hydrogen) atoms. The van der Waals surface area contributed by atoms with Crippen LogP contribution in [0.5, 0.6) is 0 Å². The van der Waals surface area contributed by atoms with Crippen LogP contribution in [0.1, 0.15) is 31.0 Å². The molecule has 2 aromatic rings. The maximum atomic E-state index is 6.07. The third-order valence-corrected chi connectivity index (χ3v) is 3.46. The zero-order valence-electron chi connectivity index (χ0n) is 9.63. The Labute approximate surface area is 100 Å². The van der Waals surface area contributed by atoms with Crippen LogP contribution in [-0.4, -0.2) is 21.2 Å². The van der Waals surface area contributed by atoms with E-state index in [1.807, 2.05) is 30.3 Å². The average molecular weight is 228 g/mol. The molecule has 1 fully saturated rings. The number of nitrogens with one attached hydrogen (secondary N) is 1. The maximum absolute atomic E-state index is 6.07. The van der Waals surface area contributed by atoms with Crippen molar-refractivity contribution in [2.24, 2.45) is 5.73 Å². The van der Waals surface area contributed by atoms with Crippen LogP contribution in [0, 0.1) is 0 Å². The molecule has 1 aromatic carbocycles. The summed E-state index contributed by atoms with van der Waals surface area (Å²) in [6.07, 6.45) is 3.39. The minimum atomic E-state index is 0.228. The molecule has 1 aromatic heterocycles. The van der Waals surface area contributed by atoms with Crippen molar-refractivity contribution in [2.45, 2.75) is 31.2 Å². The van der Waals surface area contributed by atoms with Crippen molar-refractivity contribution >= 4 is 0 Å². The van der Waals surface area contributed by atoms with E-state index in [1.165, 1.54) is 6.42 Å². The summed E-state index contributed by atoms with van der Waals surface area (Å²) in [5.74, 6) is 2.05. The molecule has 4 nitrogen and oxygen atoms in total. The van der Waals surface area contributed by atoms with Crippen molar-refractivity contribution in [3.8, 4) is 11.4 Å². The predicted octanol–water partition coefficient (Wildman–Crippen LogP) is 2.07. The normalized spacial score (nSPS) is 24.1. The lowest BCUT2D eigenvalue weighted by atomic mass is 10.0. The number of aromatic amines is 1. The SMILES string of the molecule is NC1CCCC1c1nc(-c2ccccc2)n[nH]1. The number of nitrogens with two attached hydrogens (primary N) is 1. The fraction of sp³-hybridized carbons (Fsp3) is 0.385. The van der Waals surface area contributed by atoms with E-state index in [0.29, 0.717) is 5.92 Å². The highest BCUT2D eigenvalue weighted by Gasteiger charge is 2.28. The molecule has 1 heterocycles. The quantitative estimate of drug-likeness (QED) is 0.826. The van der Waals surface area contributed by atoms with Gasteiger partial charge < -0.3 is 5.73 Å². The first-order chi connectivity index (χ1) is 8.34. The minimum Gasteiger partial charge on any atom is -0.327 e. The van der Waals surface area contributed by atoms with Gasteiger partial charge in [-0.15, -0.1) is 0 Å². The second kappa shape index (κ2) is 4.30. The Morgan fingerprint density at radius 1 is 1.18 bits per heavy atom. The third kappa shape index (κ3) is 1.96. The van der Waals surface area contributed by atoms with Crippen molar-refractivity contribution in [3.05, 3.63) is 36.2 Å². The first-order valence-electron chi connectivity index (χ1n) is 6.08. The summed E-state index contributed by atoms with van der Waals surface area (Å²) in [5, 5.41) is 7.31. The number of H-pyrrole nitrogens is 1. The summed E-state index contributed by atoms with van der Waals surface area (Å²) in [5.41, 5.74) is 7.11. The molecule has 1 aliphatic carbocycles. The summed E-state index contributed by atoms with van der Waals surface area (Å²) in [6, 6.07) is 10.2. The monoisotopic (exact) mass is 228 g/mol. The number of hydrogen-bond donors (Lipinski definition) is 2. The van der Waals surface area contributed by atoms with Crippen LogP contribution in [0.3, 0.4) is 0 Å². The Kier molecular flexibility index (Phi) is 2.65. The summed E-state index contributed by atoms with van der Waals surface area (Å²) in [4.78, 5) is 4.57. The van der Waals surface area contributed by atoms with E-state index in [2.05, 4.69) is 15.2 Å². The lowest BCUT2D eigenvalue weighted by Crippen LogP contribution is -2.23. The predicted molar refractivity (Wildman–Crippen MR) is 66.4 cm³/mol. The molecule has 0 amide bonds. The van der Waals surface area contributed by atoms with Crippen molar-refractivity contribution in [1.82, 2.24) is 15.2 Å². The molecule has 0 bridgehead atoms. The molecule has 2 atom stereocenters. The Morgan fingerprint density at radius 2 is 2.00 bits per heavy atom. The van der Waals surface area contributed by atoms with E-state index in [1.54, 1.807) is 0 Å². The fourth-order valence-corrected chi connectivity index (χ4v) is 2.48. The zero-order valence-corrected chi connectivity index (χ0v) is 9.63. The first kappa shape index (κ1) is 10.5. The van der Waals surface area contributed by atoms with Crippen LogP contribution >= 0.6 is 0 Å². The second-order valence-electron chi connectivity index (χ2n) is 4.61. The Balaban J connectivity index is 1.88. The van der Waals surface area contributed by atoms with Gasteiger partial charge in [0.2, 0.25) is 0 Å². The van der Waals surface area contributed by atoms with Crippen molar-refractivity contribution in [3.63, 3.8) is 0 Å². The number of hydrogen-bond acceptors (Lipinski definition) is 3. The number of aromatic nitrogens is 3. The molecule has 88 valence electrons. The van der Waals surface area contributed by atoms with E-state index in [9.17, 15) is 0 Å². The molecule has 4 heteroatoms. The number of nitrogens with zero attached hydrogens (tertiary/aromatic N) is 2. The molecule has 0 saturated heterocycles. The van der Waals surface area contributed by atoms with Crippen LogP contribution in [0.25, 0.3) is 11.4 Å². The molecule has 3 rings (SSSR count). The molecule has 3 N–H and O–H groups in total. The van der Waals surface area contributed by atoms with Gasteiger partial charge in [0.15, 0.2) is 5.82 Å². The van der Waals surface area contributed by atoms with Gasteiger partial charge in [-0.05, 0) is 12.8 Å². The number of benzene rings is 1.